The number of carbonyl (C=O) groups is 2. The first-order valence-corrected chi connectivity index (χ1v) is 8.85. The third-order valence-electron chi connectivity index (χ3n) is 4.68. The Bertz CT molecular complexity index is 381. The van der Waals surface area contributed by atoms with Gasteiger partial charge in [0, 0.05) is 11.8 Å². The molecule has 0 aromatic heterocycles. The minimum absolute atomic E-state index is 0.0306. The van der Waals surface area contributed by atoms with Gasteiger partial charge in [0.1, 0.15) is 0 Å². The minimum atomic E-state index is -0.436. The lowest BCUT2D eigenvalue weighted by molar-refractivity contribution is -0.135. The maximum Gasteiger partial charge on any atom is 0.220 e. The fraction of sp³-hybridized carbons (Fsp3) is 0.895. The van der Waals surface area contributed by atoms with Gasteiger partial charge in [0.25, 0.3) is 0 Å². The highest BCUT2D eigenvalue weighted by Crippen LogP contribution is 2.29. The summed E-state index contributed by atoms with van der Waals surface area (Å²) in [5, 5.41) is 3.01. The van der Waals surface area contributed by atoms with Crippen LogP contribution in [-0.2, 0) is 9.59 Å². The molecule has 1 aliphatic rings. The third kappa shape index (κ3) is 6.10. The highest BCUT2D eigenvalue weighted by molar-refractivity contribution is 5.93. The summed E-state index contributed by atoms with van der Waals surface area (Å²) in [6.07, 6.45) is 7.99. The van der Waals surface area contributed by atoms with E-state index in [-0.39, 0.29) is 17.1 Å². The fourth-order valence-corrected chi connectivity index (χ4v) is 3.15. The number of rotatable bonds is 5. The Kier molecular flexibility index (Phi) is 6.64. The lowest BCUT2D eigenvalue weighted by atomic mass is 9.75. The van der Waals surface area contributed by atoms with Gasteiger partial charge in [-0.15, -0.1) is 0 Å². The average molecular weight is 309 g/mol. The first-order valence-electron chi connectivity index (χ1n) is 8.85. The zero-order chi connectivity index (χ0) is 17.0. The van der Waals surface area contributed by atoms with E-state index >= 15 is 0 Å². The number of nitrogens with one attached hydrogen (secondary N) is 1. The van der Waals surface area contributed by atoms with Crippen LogP contribution in [0.4, 0.5) is 0 Å². The zero-order valence-corrected chi connectivity index (χ0v) is 15.4. The van der Waals surface area contributed by atoms with Crippen molar-refractivity contribution in [2.45, 2.75) is 92.5 Å². The van der Waals surface area contributed by atoms with E-state index < -0.39 is 11.5 Å². The van der Waals surface area contributed by atoms with Crippen molar-refractivity contribution in [1.29, 1.82) is 0 Å². The van der Waals surface area contributed by atoms with Crippen molar-refractivity contribution in [3.05, 3.63) is 0 Å². The maximum atomic E-state index is 12.6. The summed E-state index contributed by atoms with van der Waals surface area (Å²) < 4.78 is 0. The average Bonchev–Trinajstić information content (AvgIpc) is 2.40. The van der Waals surface area contributed by atoms with Gasteiger partial charge in [-0.2, -0.15) is 0 Å². The van der Waals surface area contributed by atoms with E-state index in [9.17, 15) is 9.59 Å². The number of amides is 1. The predicted molar refractivity (Wildman–Crippen MR) is 91.7 cm³/mol. The van der Waals surface area contributed by atoms with Crippen molar-refractivity contribution in [1.82, 2.24) is 5.32 Å². The van der Waals surface area contributed by atoms with Crippen LogP contribution in [0.25, 0.3) is 0 Å². The van der Waals surface area contributed by atoms with E-state index in [1.54, 1.807) is 0 Å². The SMILES string of the molecule is CC(C)(C)C(=O)C(NC(=O)CCC1CCCCC1)C(C)(C)C. The van der Waals surface area contributed by atoms with Crippen LogP contribution in [0.3, 0.4) is 0 Å². The van der Waals surface area contributed by atoms with E-state index in [0.29, 0.717) is 12.3 Å². The quantitative estimate of drug-likeness (QED) is 0.813. The maximum absolute atomic E-state index is 12.6. The van der Waals surface area contributed by atoms with Gasteiger partial charge in [-0.05, 0) is 17.8 Å². The lowest BCUT2D eigenvalue weighted by Crippen LogP contribution is -2.52. The van der Waals surface area contributed by atoms with Crippen LogP contribution >= 0.6 is 0 Å². The summed E-state index contributed by atoms with van der Waals surface area (Å²) in [4.78, 5) is 24.9. The number of carbonyl (C=O) groups excluding carboxylic acids is 2. The number of Topliss-reactive ketones (excluding diaryl/α,β-unsaturated/α-hetero) is 1. The van der Waals surface area contributed by atoms with E-state index in [2.05, 4.69) is 5.32 Å². The molecule has 3 heteroatoms. The summed E-state index contributed by atoms with van der Waals surface area (Å²) in [6.45, 7) is 11.8. The number of ketones is 1. The second-order valence-electron chi connectivity index (χ2n) is 9.02. The lowest BCUT2D eigenvalue weighted by Gasteiger charge is -2.34. The number of hydrogen-bond donors (Lipinski definition) is 1. The van der Waals surface area contributed by atoms with Crippen LogP contribution in [0.15, 0.2) is 0 Å². The molecule has 3 nitrogen and oxygen atoms in total. The molecule has 1 atom stereocenters. The van der Waals surface area contributed by atoms with E-state index in [1.807, 2.05) is 41.5 Å². The van der Waals surface area contributed by atoms with Crippen LogP contribution in [0.2, 0.25) is 0 Å². The third-order valence-corrected chi connectivity index (χ3v) is 4.68. The van der Waals surface area contributed by atoms with E-state index in [4.69, 9.17) is 0 Å². The monoisotopic (exact) mass is 309 g/mol. The second-order valence-corrected chi connectivity index (χ2v) is 9.02. The van der Waals surface area contributed by atoms with Gasteiger partial charge < -0.3 is 5.32 Å². The molecule has 0 radical (unpaired) electrons. The molecule has 1 N–H and O–H groups in total. The minimum Gasteiger partial charge on any atom is -0.346 e. The Morgan fingerprint density at radius 1 is 1.00 bits per heavy atom. The molecule has 1 aliphatic carbocycles. The first-order chi connectivity index (χ1) is 10.0. The van der Waals surface area contributed by atoms with Crippen molar-refractivity contribution < 1.29 is 9.59 Å². The normalized spacial score (nSPS) is 18.8. The van der Waals surface area contributed by atoms with Gasteiger partial charge in [0.05, 0.1) is 6.04 Å². The number of hydrogen-bond acceptors (Lipinski definition) is 2. The van der Waals surface area contributed by atoms with Gasteiger partial charge >= 0.3 is 0 Å². The molecule has 0 aromatic carbocycles. The molecular formula is C19H35NO2. The van der Waals surface area contributed by atoms with Crippen molar-refractivity contribution in [2.24, 2.45) is 16.7 Å². The predicted octanol–water partition coefficient (Wildman–Crippen LogP) is 4.49. The molecule has 1 saturated carbocycles. The van der Waals surface area contributed by atoms with Gasteiger partial charge in [0.15, 0.2) is 5.78 Å². The van der Waals surface area contributed by atoms with Crippen LogP contribution in [0, 0.1) is 16.7 Å². The van der Waals surface area contributed by atoms with Crippen LogP contribution in [-0.4, -0.2) is 17.7 Å². The Morgan fingerprint density at radius 2 is 1.55 bits per heavy atom. The van der Waals surface area contributed by atoms with Gasteiger partial charge in [0.2, 0.25) is 5.91 Å². The van der Waals surface area contributed by atoms with E-state index in [0.717, 1.165) is 6.42 Å². The summed E-state index contributed by atoms with van der Waals surface area (Å²) in [5.74, 6) is 0.847. The Balaban J connectivity index is 2.58. The largest absolute Gasteiger partial charge is 0.346 e. The molecular weight excluding hydrogens is 274 g/mol. The van der Waals surface area contributed by atoms with Crippen molar-refractivity contribution in [3.8, 4) is 0 Å². The highest BCUT2D eigenvalue weighted by atomic mass is 16.2. The molecule has 22 heavy (non-hydrogen) atoms. The standard InChI is InChI=1S/C19H35NO2/c1-18(2,3)16(17(22)19(4,5)6)20-15(21)13-12-14-10-8-7-9-11-14/h14,16H,7-13H2,1-6H3,(H,20,21). The molecule has 0 heterocycles. The fourth-order valence-electron chi connectivity index (χ4n) is 3.15. The summed E-state index contributed by atoms with van der Waals surface area (Å²) in [6, 6.07) is -0.411. The molecule has 1 rings (SSSR count). The first kappa shape index (κ1) is 19.2. The van der Waals surface area contributed by atoms with E-state index in [1.165, 1.54) is 32.1 Å². The molecule has 128 valence electrons. The van der Waals surface area contributed by atoms with Crippen molar-refractivity contribution >= 4 is 11.7 Å². The van der Waals surface area contributed by atoms with Gasteiger partial charge in [-0.1, -0.05) is 73.6 Å². The Morgan fingerprint density at radius 3 is 2.00 bits per heavy atom. The molecule has 0 aliphatic heterocycles. The van der Waals surface area contributed by atoms with Gasteiger partial charge in [-0.25, -0.2) is 0 Å². The Hall–Kier alpha value is -0.860. The van der Waals surface area contributed by atoms with Crippen molar-refractivity contribution in [2.75, 3.05) is 0 Å². The molecule has 1 unspecified atom stereocenters. The van der Waals surface area contributed by atoms with Crippen LogP contribution < -0.4 is 5.32 Å². The van der Waals surface area contributed by atoms with Crippen LogP contribution in [0.1, 0.15) is 86.5 Å². The summed E-state index contributed by atoms with van der Waals surface area (Å²) in [7, 11) is 0. The molecule has 1 fully saturated rings. The molecule has 0 bridgehead atoms. The second kappa shape index (κ2) is 7.61. The van der Waals surface area contributed by atoms with Gasteiger partial charge in [-0.3, -0.25) is 9.59 Å². The zero-order valence-electron chi connectivity index (χ0n) is 15.4. The molecule has 1 amide bonds. The topological polar surface area (TPSA) is 46.2 Å². The molecule has 0 spiro atoms. The summed E-state index contributed by atoms with van der Waals surface area (Å²) in [5.41, 5.74) is -0.695. The Labute approximate surface area is 136 Å². The smallest absolute Gasteiger partial charge is 0.220 e. The molecule has 0 saturated heterocycles. The molecule has 0 aromatic rings. The van der Waals surface area contributed by atoms with Crippen molar-refractivity contribution in [3.63, 3.8) is 0 Å². The van der Waals surface area contributed by atoms with Crippen LogP contribution in [0.5, 0.6) is 0 Å². The highest BCUT2D eigenvalue weighted by Gasteiger charge is 2.38. The summed E-state index contributed by atoms with van der Waals surface area (Å²) >= 11 is 0.